The van der Waals surface area contributed by atoms with Gasteiger partial charge in [-0.05, 0) is 62.4 Å². The Hall–Kier alpha value is -0.0800. The summed E-state index contributed by atoms with van der Waals surface area (Å²) in [6.07, 6.45) is 4.69. The number of hydrogen-bond donors (Lipinski definition) is 2. The van der Waals surface area contributed by atoms with Crippen molar-refractivity contribution in [2.45, 2.75) is 19.3 Å². The summed E-state index contributed by atoms with van der Waals surface area (Å²) in [6, 6.07) is 0. The molecule has 3 aliphatic rings. The van der Waals surface area contributed by atoms with Gasteiger partial charge in [0.2, 0.25) is 0 Å². The van der Waals surface area contributed by atoms with Crippen molar-refractivity contribution in [3.05, 3.63) is 0 Å². The fraction of sp³-hybridized carbons (Fsp3) is 1.00. The van der Waals surface area contributed by atoms with E-state index in [-0.39, 0.29) is 0 Å². The Kier molecular flexibility index (Phi) is 2.29. The first-order valence-electron chi connectivity index (χ1n) is 6.27. The Balaban J connectivity index is 1.41. The van der Waals surface area contributed by atoms with Gasteiger partial charge in [-0.1, -0.05) is 0 Å². The summed E-state index contributed by atoms with van der Waals surface area (Å²) in [5, 5.41) is 6.76. The van der Waals surface area contributed by atoms with Crippen molar-refractivity contribution in [3.63, 3.8) is 0 Å². The van der Waals surface area contributed by atoms with E-state index in [9.17, 15) is 0 Å². The standard InChI is InChI=1S/C12H22N2/c1-13-4-5-14-7-10-11-8-2-3-9(6-8)12(10)11/h8-14H,2-7H2,1H3. The van der Waals surface area contributed by atoms with Gasteiger partial charge in [0.05, 0.1) is 0 Å². The van der Waals surface area contributed by atoms with Crippen molar-refractivity contribution in [2.24, 2.45) is 29.6 Å². The Morgan fingerprint density at radius 3 is 2.43 bits per heavy atom. The Labute approximate surface area is 86.8 Å². The second-order valence-electron chi connectivity index (χ2n) is 5.46. The van der Waals surface area contributed by atoms with E-state index in [1.165, 1.54) is 6.54 Å². The lowest BCUT2D eigenvalue weighted by atomic mass is 10.0. The summed E-state index contributed by atoms with van der Waals surface area (Å²) >= 11 is 0. The van der Waals surface area contributed by atoms with Crippen LogP contribution in [0.5, 0.6) is 0 Å². The molecule has 0 spiro atoms. The van der Waals surface area contributed by atoms with Crippen LogP contribution in [0.3, 0.4) is 0 Å². The predicted molar refractivity (Wildman–Crippen MR) is 58.1 cm³/mol. The lowest BCUT2D eigenvalue weighted by molar-refractivity contribution is 0.443. The van der Waals surface area contributed by atoms with Crippen LogP contribution in [0.15, 0.2) is 0 Å². The molecule has 0 radical (unpaired) electrons. The molecule has 14 heavy (non-hydrogen) atoms. The smallest absolute Gasteiger partial charge is 0.00767 e. The van der Waals surface area contributed by atoms with E-state index in [0.717, 1.165) is 42.7 Å². The minimum atomic E-state index is 1.07. The van der Waals surface area contributed by atoms with Gasteiger partial charge in [0.1, 0.15) is 0 Å². The molecule has 3 saturated carbocycles. The molecule has 3 rings (SSSR count). The molecule has 0 heterocycles. The van der Waals surface area contributed by atoms with Crippen molar-refractivity contribution >= 4 is 0 Å². The van der Waals surface area contributed by atoms with Gasteiger partial charge in [0.25, 0.3) is 0 Å². The average molecular weight is 194 g/mol. The second-order valence-corrected chi connectivity index (χ2v) is 5.46. The van der Waals surface area contributed by atoms with E-state index < -0.39 is 0 Å². The third kappa shape index (κ3) is 1.31. The summed E-state index contributed by atoms with van der Waals surface area (Å²) in [7, 11) is 2.02. The fourth-order valence-electron chi connectivity index (χ4n) is 4.26. The molecule has 0 amide bonds. The van der Waals surface area contributed by atoms with Gasteiger partial charge in [-0.15, -0.1) is 0 Å². The molecular weight excluding hydrogens is 172 g/mol. The summed E-state index contributed by atoms with van der Waals surface area (Å²) < 4.78 is 0. The summed E-state index contributed by atoms with van der Waals surface area (Å²) in [6.45, 7) is 3.54. The van der Waals surface area contributed by atoms with Crippen molar-refractivity contribution in [1.29, 1.82) is 0 Å². The number of nitrogens with one attached hydrogen (secondary N) is 2. The lowest BCUT2D eigenvalue weighted by Gasteiger charge is -2.09. The number of rotatable bonds is 5. The summed E-state index contributed by atoms with van der Waals surface area (Å²) in [5.41, 5.74) is 0. The van der Waals surface area contributed by atoms with Crippen molar-refractivity contribution in [3.8, 4) is 0 Å². The predicted octanol–water partition coefficient (Wildman–Crippen LogP) is 1.09. The van der Waals surface area contributed by atoms with Crippen LogP contribution in [0.25, 0.3) is 0 Å². The van der Waals surface area contributed by atoms with Gasteiger partial charge < -0.3 is 10.6 Å². The number of hydrogen-bond acceptors (Lipinski definition) is 2. The monoisotopic (exact) mass is 194 g/mol. The van der Waals surface area contributed by atoms with Crippen LogP contribution >= 0.6 is 0 Å². The van der Waals surface area contributed by atoms with E-state index in [4.69, 9.17) is 0 Å². The van der Waals surface area contributed by atoms with Gasteiger partial charge in [-0.3, -0.25) is 0 Å². The van der Waals surface area contributed by atoms with Crippen molar-refractivity contribution in [1.82, 2.24) is 10.6 Å². The first-order valence-corrected chi connectivity index (χ1v) is 6.27. The molecule has 0 saturated heterocycles. The first-order chi connectivity index (χ1) is 6.92. The first kappa shape index (κ1) is 9.17. The average Bonchev–Trinajstić information content (AvgIpc) is 2.60. The molecule has 2 nitrogen and oxygen atoms in total. The van der Waals surface area contributed by atoms with Crippen molar-refractivity contribution < 1.29 is 0 Å². The second kappa shape index (κ2) is 3.49. The van der Waals surface area contributed by atoms with E-state index in [1.807, 2.05) is 7.05 Å². The largest absolute Gasteiger partial charge is 0.318 e. The van der Waals surface area contributed by atoms with Gasteiger partial charge in [-0.25, -0.2) is 0 Å². The highest BCUT2D eigenvalue weighted by Crippen LogP contribution is 2.69. The molecular formula is C12H22N2. The highest BCUT2D eigenvalue weighted by Gasteiger charge is 2.64. The molecule has 0 aromatic carbocycles. The zero-order valence-electron chi connectivity index (χ0n) is 9.13. The van der Waals surface area contributed by atoms with Crippen molar-refractivity contribution in [2.75, 3.05) is 26.7 Å². The number of fused-ring (bicyclic) bond motifs is 5. The minimum Gasteiger partial charge on any atom is -0.318 e. The number of likely N-dealkylation sites (N-methyl/N-ethyl adjacent to an activating group) is 1. The van der Waals surface area contributed by atoms with E-state index >= 15 is 0 Å². The highest BCUT2D eigenvalue weighted by atomic mass is 14.9. The van der Waals surface area contributed by atoms with Gasteiger partial charge in [0, 0.05) is 13.1 Å². The Morgan fingerprint density at radius 1 is 1.07 bits per heavy atom. The zero-order chi connectivity index (χ0) is 9.54. The molecule has 2 bridgehead atoms. The molecule has 0 aliphatic heterocycles. The third-order valence-corrected chi connectivity index (χ3v) is 4.83. The lowest BCUT2D eigenvalue weighted by Crippen LogP contribution is -2.27. The van der Waals surface area contributed by atoms with E-state index in [2.05, 4.69) is 10.6 Å². The van der Waals surface area contributed by atoms with Gasteiger partial charge in [0.15, 0.2) is 0 Å². The molecule has 0 aromatic rings. The maximum Gasteiger partial charge on any atom is 0.00767 e. The SMILES string of the molecule is CNCCNCC1C2C3CCC(C3)C12. The Morgan fingerprint density at radius 2 is 1.79 bits per heavy atom. The maximum absolute atomic E-state index is 3.58. The van der Waals surface area contributed by atoms with Crippen LogP contribution in [0.4, 0.5) is 0 Å². The summed E-state index contributed by atoms with van der Waals surface area (Å²) in [5.74, 6) is 5.65. The van der Waals surface area contributed by atoms with Gasteiger partial charge in [-0.2, -0.15) is 0 Å². The van der Waals surface area contributed by atoms with Crippen LogP contribution in [0, 0.1) is 29.6 Å². The van der Waals surface area contributed by atoms with Crippen LogP contribution in [-0.4, -0.2) is 26.7 Å². The zero-order valence-corrected chi connectivity index (χ0v) is 9.13. The van der Waals surface area contributed by atoms with Crippen LogP contribution < -0.4 is 10.6 Å². The molecule has 4 atom stereocenters. The normalized spacial score (nSPS) is 48.2. The van der Waals surface area contributed by atoms with Gasteiger partial charge >= 0.3 is 0 Å². The molecule has 3 fully saturated rings. The molecule has 0 aromatic heterocycles. The van der Waals surface area contributed by atoms with Crippen LogP contribution in [0.1, 0.15) is 19.3 Å². The van der Waals surface area contributed by atoms with E-state index in [1.54, 1.807) is 19.3 Å². The maximum atomic E-state index is 3.58. The third-order valence-electron chi connectivity index (χ3n) is 4.83. The topological polar surface area (TPSA) is 24.1 Å². The summed E-state index contributed by atoms with van der Waals surface area (Å²) in [4.78, 5) is 0. The van der Waals surface area contributed by atoms with Crippen LogP contribution in [-0.2, 0) is 0 Å². The quantitative estimate of drug-likeness (QED) is 0.640. The highest BCUT2D eigenvalue weighted by molar-refractivity contribution is 5.13. The molecule has 4 unspecified atom stereocenters. The molecule has 3 aliphatic carbocycles. The molecule has 80 valence electrons. The molecule has 2 N–H and O–H groups in total. The fourth-order valence-corrected chi connectivity index (χ4v) is 4.26. The van der Waals surface area contributed by atoms with E-state index in [0.29, 0.717) is 0 Å². The molecule has 2 heteroatoms. The van der Waals surface area contributed by atoms with Crippen LogP contribution in [0.2, 0.25) is 0 Å². The Bertz CT molecular complexity index is 200. The minimum absolute atomic E-state index is 1.07.